The van der Waals surface area contributed by atoms with Gasteiger partial charge in [-0.1, -0.05) is 78.3 Å². The first-order valence-corrected chi connectivity index (χ1v) is 11.6. The average Bonchev–Trinajstić information content (AvgIpc) is 2.69. The Hall–Kier alpha value is -2.62. The Morgan fingerprint density at radius 2 is 1.53 bits per heavy atom. The van der Waals surface area contributed by atoms with Gasteiger partial charge in [0.25, 0.3) is 0 Å². The summed E-state index contributed by atoms with van der Waals surface area (Å²) in [6.45, 7) is 12.4. The highest BCUT2D eigenvalue weighted by Gasteiger charge is 2.58. The molecule has 1 aliphatic heterocycles. The van der Waals surface area contributed by atoms with E-state index in [0.717, 1.165) is 35.1 Å². The lowest BCUT2D eigenvalue weighted by Crippen LogP contribution is -2.51. The smallest absolute Gasteiger partial charge is 0.326 e. The molecule has 1 fully saturated rings. The van der Waals surface area contributed by atoms with Gasteiger partial charge in [-0.15, -0.1) is 0 Å². The van der Waals surface area contributed by atoms with E-state index in [1.54, 1.807) is 6.07 Å². The van der Waals surface area contributed by atoms with Gasteiger partial charge in [0.2, 0.25) is 0 Å². The van der Waals surface area contributed by atoms with E-state index in [0.29, 0.717) is 24.3 Å². The van der Waals surface area contributed by atoms with Crippen LogP contribution in [0.5, 0.6) is 11.5 Å². The summed E-state index contributed by atoms with van der Waals surface area (Å²) in [4.78, 5) is 26.9. The van der Waals surface area contributed by atoms with Gasteiger partial charge in [0.1, 0.15) is 16.9 Å². The number of phenolic OH excluding ortho intramolecular Hbond substituents is 1. The molecule has 32 heavy (non-hydrogen) atoms. The number of para-hydroxylation sites is 1. The summed E-state index contributed by atoms with van der Waals surface area (Å²) in [6, 6.07) is 11.6. The second-order valence-corrected chi connectivity index (χ2v) is 11.4. The van der Waals surface area contributed by atoms with Crippen LogP contribution in [0.1, 0.15) is 95.4 Å². The highest BCUT2D eigenvalue weighted by molar-refractivity contribution is 6.07. The number of fused-ring (bicyclic) bond motifs is 1. The molecular formula is C28H34O4. The Morgan fingerprint density at radius 1 is 0.938 bits per heavy atom. The number of ether oxygens (including phenoxy) is 1. The Bertz CT molecular complexity index is 1050. The molecule has 0 aromatic heterocycles. The number of Topliss-reactive ketones (excluding diaryl/α,β-unsaturated/α-hetero) is 1. The van der Waals surface area contributed by atoms with Crippen LogP contribution in [-0.2, 0) is 20.4 Å². The van der Waals surface area contributed by atoms with E-state index < -0.39 is 17.3 Å². The minimum Gasteiger partial charge on any atom is -0.507 e. The molecule has 1 saturated carbocycles. The van der Waals surface area contributed by atoms with Crippen molar-refractivity contribution < 1.29 is 19.4 Å². The van der Waals surface area contributed by atoms with Gasteiger partial charge in [-0.2, -0.15) is 0 Å². The topological polar surface area (TPSA) is 63.6 Å². The second kappa shape index (κ2) is 7.47. The van der Waals surface area contributed by atoms with Gasteiger partial charge in [-0.3, -0.25) is 9.59 Å². The van der Waals surface area contributed by atoms with Gasteiger partial charge in [0, 0.05) is 17.9 Å². The molecule has 2 atom stereocenters. The van der Waals surface area contributed by atoms with Crippen molar-refractivity contribution in [1.82, 2.24) is 0 Å². The summed E-state index contributed by atoms with van der Waals surface area (Å²) in [5, 5.41) is 11.2. The molecule has 0 unspecified atom stereocenters. The predicted octanol–water partition coefficient (Wildman–Crippen LogP) is 6.17. The first kappa shape index (κ1) is 22.6. The van der Waals surface area contributed by atoms with E-state index in [2.05, 4.69) is 41.5 Å². The normalized spacial score (nSPS) is 23.8. The van der Waals surface area contributed by atoms with Crippen LogP contribution >= 0.6 is 0 Å². The summed E-state index contributed by atoms with van der Waals surface area (Å²) in [5.74, 6) is -0.0845. The first-order chi connectivity index (χ1) is 14.9. The minimum absolute atomic E-state index is 0.0315. The molecule has 4 nitrogen and oxygen atoms in total. The fourth-order valence-corrected chi connectivity index (χ4v) is 5.39. The molecule has 2 aromatic carbocycles. The maximum Gasteiger partial charge on any atom is 0.326 e. The maximum atomic E-state index is 13.5. The third kappa shape index (κ3) is 3.44. The van der Waals surface area contributed by atoms with Crippen molar-refractivity contribution in [2.75, 3.05) is 0 Å². The number of hydrogen-bond acceptors (Lipinski definition) is 4. The zero-order valence-electron chi connectivity index (χ0n) is 20.0. The minimum atomic E-state index is -1.21. The van der Waals surface area contributed by atoms with Crippen LogP contribution < -0.4 is 4.74 Å². The largest absolute Gasteiger partial charge is 0.507 e. The number of aromatic hydroxyl groups is 1. The van der Waals surface area contributed by atoms with Gasteiger partial charge in [0.15, 0.2) is 5.78 Å². The quantitative estimate of drug-likeness (QED) is 0.331. The summed E-state index contributed by atoms with van der Waals surface area (Å²) < 4.78 is 5.76. The molecule has 0 radical (unpaired) electrons. The molecule has 1 N–H and O–H groups in total. The van der Waals surface area contributed by atoms with Crippen molar-refractivity contribution >= 4 is 11.8 Å². The second-order valence-electron chi connectivity index (χ2n) is 11.4. The van der Waals surface area contributed by atoms with Crippen LogP contribution in [0.3, 0.4) is 0 Å². The van der Waals surface area contributed by atoms with Crippen molar-refractivity contribution in [2.45, 2.75) is 84.0 Å². The number of carbonyl (C=O) groups is 2. The lowest BCUT2D eigenvalue weighted by atomic mass is 9.59. The standard InChI is InChI=1S/C28H34O4/c1-26(2,3)19-15-17(16-20(24(19)30)27(4,5)6)23-18-11-7-8-12-21(18)32-25(31)28(23)14-10-9-13-22(28)29/h7-8,11-12,15-16,23,30H,9-10,13-14H2,1-6H3/t23-,28+/m0/s1. The number of hydrogen-bond donors (Lipinski definition) is 1. The van der Waals surface area contributed by atoms with Gasteiger partial charge in [-0.25, -0.2) is 0 Å². The molecule has 4 heteroatoms. The monoisotopic (exact) mass is 434 g/mol. The summed E-state index contributed by atoms with van der Waals surface area (Å²) in [7, 11) is 0. The third-order valence-electron chi connectivity index (χ3n) is 7.09. The Balaban J connectivity index is 2.07. The lowest BCUT2D eigenvalue weighted by Gasteiger charge is -2.44. The molecule has 0 amide bonds. The van der Waals surface area contributed by atoms with Gasteiger partial charge in [0.05, 0.1) is 0 Å². The van der Waals surface area contributed by atoms with Gasteiger partial charge >= 0.3 is 5.97 Å². The molecule has 1 aliphatic carbocycles. The van der Waals surface area contributed by atoms with E-state index in [-0.39, 0.29) is 16.6 Å². The van der Waals surface area contributed by atoms with E-state index in [4.69, 9.17) is 4.74 Å². The Morgan fingerprint density at radius 3 is 2.09 bits per heavy atom. The maximum absolute atomic E-state index is 13.5. The Kier molecular flexibility index (Phi) is 5.27. The molecular weight excluding hydrogens is 400 g/mol. The van der Waals surface area contributed by atoms with Crippen molar-refractivity contribution in [3.63, 3.8) is 0 Å². The molecule has 0 bridgehead atoms. The molecule has 170 valence electrons. The van der Waals surface area contributed by atoms with Gasteiger partial charge in [-0.05, 0) is 46.4 Å². The predicted molar refractivity (Wildman–Crippen MR) is 125 cm³/mol. The van der Waals surface area contributed by atoms with Crippen molar-refractivity contribution in [2.24, 2.45) is 5.41 Å². The fourth-order valence-electron chi connectivity index (χ4n) is 5.39. The van der Waals surface area contributed by atoms with Crippen LogP contribution in [0.25, 0.3) is 0 Å². The third-order valence-corrected chi connectivity index (χ3v) is 7.09. The average molecular weight is 435 g/mol. The number of rotatable bonds is 1. The highest BCUT2D eigenvalue weighted by atomic mass is 16.5. The molecule has 1 heterocycles. The van der Waals surface area contributed by atoms with Gasteiger partial charge < -0.3 is 9.84 Å². The molecule has 2 aromatic rings. The van der Waals surface area contributed by atoms with Crippen LogP contribution in [0.2, 0.25) is 0 Å². The van der Waals surface area contributed by atoms with Crippen molar-refractivity contribution in [3.8, 4) is 11.5 Å². The lowest BCUT2D eigenvalue weighted by molar-refractivity contribution is -0.157. The SMILES string of the molecule is CC(C)(C)c1cc([C@H]2c3ccccc3OC(=O)[C@@]23CCCCC3=O)cc(C(C)(C)C)c1O. The number of phenols is 1. The van der Waals surface area contributed by atoms with Crippen LogP contribution in [0.4, 0.5) is 0 Å². The summed E-state index contributed by atoms with van der Waals surface area (Å²) in [6.07, 6.45) is 2.50. The zero-order valence-corrected chi connectivity index (χ0v) is 20.0. The molecule has 0 saturated heterocycles. The van der Waals surface area contributed by atoms with E-state index in [1.165, 1.54) is 0 Å². The molecule has 4 rings (SSSR count). The number of benzene rings is 2. The Labute approximate surface area is 191 Å². The highest BCUT2D eigenvalue weighted by Crippen LogP contribution is 2.55. The van der Waals surface area contributed by atoms with Crippen molar-refractivity contribution in [3.05, 3.63) is 58.7 Å². The fraction of sp³-hybridized carbons (Fsp3) is 0.500. The van der Waals surface area contributed by atoms with Crippen LogP contribution in [0, 0.1) is 5.41 Å². The number of esters is 1. The zero-order chi connectivity index (χ0) is 23.5. The number of carbonyl (C=O) groups excluding carboxylic acids is 2. The van der Waals surface area contributed by atoms with E-state index in [1.807, 2.05) is 30.3 Å². The van der Waals surface area contributed by atoms with Crippen molar-refractivity contribution in [1.29, 1.82) is 0 Å². The van der Waals surface area contributed by atoms with E-state index >= 15 is 0 Å². The molecule has 2 aliphatic rings. The molecule has 1 spiro atoms. The summed E-state index contributed by atoms with van der Waals surface area (Å²) in [5.41, 5.74) is 1.60. The first-order valence-electron chi connectivity index (χ1n) is 11.6. The van der Waals surface area contributed by atoms with Crippen LogP contribution in [-0.4, -0.2) is 16.9 Å². The van der Waals surface area contributed by atoms with Crippen LogP contribution in [0.15, 0.2) is 36.4 Å². The van der Waals surface area contributed by atoms with E-state index in [9.17, 15) is 14.7 Å². The summed E-state index contributed by atoms with van der Waals surface area (Å²) >= 11 is 0. The number of ketones is 1.